The molecule has 0 aliphatic heterocycles. The molecule has 0 bridgehead atoms. The molecule has 0 saturated carbocycles. The van der Waals surface area contributed by atoms with Gasteiger partial charge in [0.2, 0.25) is 0 Å². The van der Waals surface area contributed by atoms with Crippen molar-refractivity contribution >= 4 is 5.69 Å². The van der Waals surface area contributed by atoms with Crippen LogP contribution in [0.3, 0.4) is 0 Å². The van der Waals surface area contributed by atoms with Crippen molar-refractivity contribution in [2.24, 2.45) is 0 Å². The first-order valence-corrected chi connectivity index (χ1v) is 5.30. The minimum atomic E-state index is -0.0754. The first kappa shape index (κ1) is 10.8. The summed E-state index contributed by atoms with van der Waals surface area (Å²) in [6.07, 6.45) is 1.84. The van der Waals surface area contributed by atoms with Crippen LogP contribution in [0.5, 0.6) is 0 Å². The molecule has 86 valence electrons. The predicted molar refractivity (Wildman–Crippen MR) is 64.1 cm³/mol. The van der Waals surface area contributed by atoms with E-state index in [9.17, 15) is 0 Å². The Morgan fingerprint density at radius 2 is 2.00 bits per heavy atom. The second-order valence-electron chi connectivity index (χ2n) is 4.96. The molecule has 4 heteroatoms. The first-order valence-electron chi connectivity index (χ1n) is 5.30. The predicted octanol–water partition coefficient (Wildman–Crippen LogP) is 2.79. The van der Waals surface area contributed by atoms with E-state index in [1.165, 1.54) is 0 Å². The van der Waals surface area contributed by atoms with Crippen molar-refractivity contribution in [1.82, 2.24) is 9.78 Å². The van der Waals surface area contributed by atoms with E-state index in [4.69, 9.17) is 10.2 Å². The molecule has 0 spiro atoms. The zero-order valence-corrected chi connectivity index (χ0v) is 10.1. The quantitative estimate of drug-likeness (QED) is 0.802. The summed E-state index contributed by atoms with van der Waals surface area (Å²) in [5, 5.41) is 4.46. The molecule has 0 aliphatic rings. The van der Waals surface area contributed by atoms with Crippen LogP contribution >= 0.6 is 0 Å². The Balaban J connectivity index is 2.47. The van der Waals surface area contributed by atoms with Gasteiger partial charge in [-0.15, -0.1) is 0 Å². The maximum absolute atomic E-state index is 5.94. The molecule has 0 aromatic carbocycles. The van der Waals surface area contributed by atoms with Crippen LogP contribution in [0.15, 0.2) is 22.7 Å². The van der Waals surface area contributed by atoms with Crippen LogP contribution < -0.4 is 5.73 Å². The molecule has 2 rings (SSSR count). The largest absolute Gasteiger partial charge is 0.460 e. The van der Waals surface area contributed by atoms with E-state index in [0.717, 1.165) is 11.5 Å². The molecule has 0 amide bonds. The van der Waals surface area contributed by atoms with E-state index in [1.54, 1.807) is 0 Å². The monoisotopic (exact) mass is 219 g/mol. The number of hydrogen-bond donors (Lipinski definition) is 1. The SMILES string of the molecule is Cc1ccc(-c2nn(C(C)(C)C)cc2N)o1. The Labute approximate surface area is 95.1 Å². The standard InChI is InChI=1S/C12H17N3O/c1-8-5-6-10(16-8)11-9(13)7-15(14-11)12(2,3)4/h5-7H,13H2,1-4H3. The van der Waals surface area contributed by atoms with Crippen molar-refractivity contribution < 1.29 is 4.42 Å². The zero-order chi connectivity index (χ0) is 11.9. The molecule has 0 aliphatic carbocycles. The number of aromatic nitrogens is 2. The van der Waals surface area contributed by atoms with Crippen molar-refractivity contribution in [3.63, 3.8) is 0 Å². The van der Waals surface area contributed by atoms with E-state index in [1.807, 2.05) is 29.9 Å². The smallest absolute Gasteiger partial charge is 0.156 e. The van der Waals surface area contributed by atoms with Gasteiger partial charge in [-0.1, -0.05) is 0 Å². The van der Waals surface area contributed by atoms with Gasteiger partial charge >= 0.3 is 0 Å². The number of hydrogen-bond acceptors (Lipinski definition) is 3. The van der Waals surface area contributed by atoms with Crippen LogP contribution in [-0.4, -0.2) is 9.78 Å². The van der Waals surface area contributed by atoms with Crippen LogP contribution in [0.2, 0.25) is 0 Å². The number of nitrogens with two attached hydrogens (primary N) is 1. The molecule has 2 N–H and O–H groups in total. The summed E-state index contributed by atoms with van der Waals surface area (Å²) >= 11 is 0. The third-order valence-electron chi connectivity index (χ3n) is 2.40. The van der Waals surface area contributed by atoms with Gasteiger partial charge in [-0.2, -0.15) is 5.10 Å². The lowest BCUT2D eigenvalue weighted by atomic mass is 10.1. The summed E-state index contributed by atoms with van der Waals surface area (Å²) in [4.78, 5) is 0. The third kappa shape index (κ3) is 1.83. The average Bonchev–Trinajstić information content (AvgIpc) is 2.70. The Morgan fingerprint density at radius 1 is 1.31 bits per heavy atom. The van der Waals surface area contributed by atoms with E-state index in [0.29, 0.717) is 11.4 Å². The molecule has 2 aromatic heterocycles. The Kier molecular flexibility index (Phi) is 2.30. The molecule has 4 nitrogen and oxygen atoms in total. The number of anilines is 1. The number of aryl methyl sites for hydroxylation is 1. The second kappa shape index (κ2) is 3.40. The fraction of sp³-hybridized carbons (Fsp3) is 0.417. The summed E-state index contributed by atoms with van der Waals surface area (Å²) in [7, 11) is 0. The van der Waals surface area contributed by atoms with Gasteiger partial charge in [0.25, 0.3) is 0 Å². The summed E-state index contributed by atoms with van der Waals surface area (Å²) in [5.74, 6) is 1.58. The minimum Gasteiger partial charge on any atom is -0.460 e. The van der Waals surface area contributed by atoms with Gasteiger partial charge in [0.15, 0.2) is 11.5 Å². The molecule has 0 fully saturated rings. The molecule has 16 heavy (non-hydrogen) atoms. The van der Waals surface area contributed by atoms with Gasteiger partial charge in [-0.25, -0.2) is 0 Å². The van der Waals surface area contributed by atoms with E-state index in [2.05, 4.69) is 25.9 Å². The van der Waals surface area contributed by atoms with Gasteiger partial charge in [0, 0.05) is 6.20 Å². The lowest BCUT2D eigenvalue weighted by molar-refractivity contribution is 0.356. The molecule has 2 aromatic rings. The van der Waals surface area contributed by atoms with Crippen molar-refractivity contribution in [3.05, 3.63) is 24.1 Å². The molecule has 0 atom stereocenters. The van der Waals surface area contributed by atoms with Crippen LogP contribution in [0.25, 0.3) is 11.5 Å². The number of nitrogen functional groups attached to an aromatic ring is 1. The van der Waals surface area contributed by atoms with Crippen molar-refractivity contribution in [2.45, 2.75) is 33.2 Å². The van der Waals surface area contributed by atoms with Gasteiger partial charge in [0.1, 0.15) is 5.76 Å². The second-order valence-corrected chi connectivity index (χ2v) is 4.96. The topological polar surface area (TPSA) is 57.0 Å². The summed E-state index contributed by atoms with van der Waals surface area (Å²) < 4.78 is 7.38. The van der Waals surface area contributed by atoms with E-state index >= 15 is 0 Å². The number of rotatable bonds is 1. The molecule has 0 saturated heterocycles. The van der Waals surface area contributed by atoms with Gasteiger partial charge in [0.05, 0.1) is 11.2 Å². The molecule has 2 heterocycles. The summed E-state index contributed by atoms with van der Waals surface area (Å²) in [5.41, 5.74) is 7.21. The summed E-state index contributed by atoms with van der Waals surface area (Å²) in [6, 6.07) is 3.80. The highest BCUT2D eigenvalue weighted by Gasteiger charge is 2.18. The highest BCUT2D eigenvalue weighted by atomic mass is 16.3. The molecular formula is C12H17N3O. The fourth-order valence-electron chi connectivity index (χ4n) is 1.48. The summed E-state index contributed by atoms with van der Waals surface area (Å²) in [6.45, 7) is 8.14. The van der Waals surface area contributed by atoms with Crippen molar-refractivity contribution in [1.29, 1.82) is 0 Å². The van der Waals surface area contributed by atoms with Crippen LogP contribution in [0, 0.1) is 6.92 Å². The normalized spacial score (nSPS) is 12.0. The van der Waals surface area contributed by atoms with E-state index < -0.39 is 0 Å². The van der Waals surface area contributed by atoms with Crippen LogP contribution in [-0.2, 0) is 5.54 Å². The Morgan fingerprint density at radius 3 is 2.44 bits per heavy atom. The first-order chi connectivity index (χ1) is 7.38. The highest BCUT2D eigenvalue weighted by molar-refractivity contribution is 5.67. The third-order valence-corrected chi connectivity index (χ3v) is 2.40. The minimum absolute atomic E-state index is 0.0754. The zero-order valence-electron chi connectivity index (χ0n) is 10.1. The van der Waals surface area contributed by atoms with Crippen molar-refractivity contribution in [3.8, 4) is 11.5 Å². The van der Waals surface area contributed by atoms with Gasteiger partial charge < -0.3 is 10.2 Å². The van der Waals surface area contributed by atoms with Gasteiger partial charge in [-0.05, 0) is 39.8 Å². The van der Waals surface area contributed by atoms with Gasteiger partial charge in [-0.3, -0.25) is 4.68 Å². The number of nitrogens with zero attached hydrogens (tertiary/aromatic N) is 2. The average molecular weight is 219 g/mol. The lowest BCUT2D eigenvalue weighted by Gasteiger charge is -2.18. The Hall–Kier alpha value is -1.71. The lowest BCUT2D eigenvalue weighted by Crippen LogP contribution is -2.22. The maximum Gasteiger partial charge on any atom is 0.156 e. The Bertz CT molecular complexity index is 503. The van der Waals surface area contributed by atoms with Crippen LogP contribution in [0.1, 0.15) is 26.5 Å². The molecule has 0 radical (unpaired) electrons. The molecular weight excluding hydrogens is 202 g/mol. The maximum atomic E-state index is 5.94. The van der Waals surface area contributed by atoms with Crippen molar-refractivity contribution in [2.75, 3.05) is 5.73 Å². The molecule has 0 unspecified atom stereocenters. The van der Waals surface area contributed by atoms with Crippen LogP contribution in [0.4, 0.5) is 5.69 Å². The van der Waals surface area contributed by atoms with E-state index in [-0.39, 0.29) is 5.54 Å². The number of furan rings is 1. The fourth-order valence-corrected chi connectivity index (χ4v) is 1.48. The highest BCUT2D eigenvalue weighted by Crippen LogP contribution is 2.28.